The van der Waals surface area contributed by atoms with E-state index in [4.69, 9.17) is 5.11 Å². The number of carbonyl (C=O) groups is 3. The predicted octanol–water partition coefficient (Wildman–Crippen LogP) is 1.82. The Kier molecular flexibility index (Phi) is 6.65. The van der Waals surface area contributed by atoms with Crippen molar-refractivity contribution in [3.63, 3.8) is 0 Å². The van der Waals surface area contributed by atoms with E-state index in [2.05, 4.69) is 5.32 Å². The van der Waals surface area contributed by atoms with Crippen LogP contribution in [-0.2, 0) is 4.79 Å². The Labute approximate surface area is 150 Å². The summed E-state index contributed by atoms with van der Waals surface area (Å²) in [4.78, 5) is 47.0. The number of carboxylic acid groups (broad SMARTS) is 1. The topological polar surface area (TPSA) is 130 Å². The molecule has 0 radical (unpaired) electrons. The van der Waals surface area contributed by atoms with Crippen LogP contribution in [0.25, 0.3) is 0 Å². The SMILES string of the molecule is O=C(O)c1cc(C(=O)NCCCN2CCCCCC2=O)cc([N+](=O)[O-])c1. The van der Waals surface area contributed by atoms with Crippen molar-refractivity contribution in [2.24, 2.45) is 0 Å². The Hall–Kier alpha value is -2.97. The molecule has 140 valence electrons. The summed E-state index contributed by atoms with van der Waals surface area (Å²) in [5.41, 5.74) is -0.854. The van der Waals surface area contributed by atoms with Gasteiger partial charge in [-0.1, -0.05) is 6.42 Å². The zero-order valence-electron chi connectivity index (χ0n) is 14.3. The van der Waals surface area contributed by atoms with Gasteiger partial charge in [0.1, 0.15) is 0 Å². The maximum atomic E-state index is 12.2. The lowest BCUT2D eigenvalue weighted by atomic mass is 10.1. The fourth-order valence-corrected chi connectivity index (χ4v) is 2.82. The molecule has 0 spiro atoms. The van der Waals surface area contributed by atoms with Crippen LogP contribution < -0.4 is 5.32 Å². The maximum absolute atomic E-state index is 12.2. The van der Waals surface area contributed by atoms with Gasteiger partial charge in [-0.15, -0.1) is 0 Å². The summed E-state index contributed by atoms with van der Waals surface area (Å²) in [5.74, 6) is -1.81. The van der Waals surface area contributed by atoms with Crippen LogP contribution in [0.1, 0.15) is 52.8 Å². The molecule has 0 atom stereocenters. The van der Waals surface area contributed by atoms with Crippen molar-refractivity contribution in [3.8, 4) is 0 Å². The highest BCUT2D eigenvalue weighted by Crippen LogP contribution is 2.17. The predicted molar refractivity (Wildman–Crippen MR) is 92.1 cm³/mol. The van der Waals surface area contributed by atoms with Crippen molar-refractivity contribution in [2.45, 2.75) is 32.1 Å². The first-order valence-corrected chi connectivity index (χ1v) is 8.47. The van der Waals surface area contributed by atoms with E-state index in [1.54, 1.807) is 4.90 Å². The van der Waals surface area contributed by atoms with Gasteiger partial charge in [0.2, 0.25) is 5.91 Å². The van der Waals surface area contributed by atoms with Crippen LogP contribution in [0.4, 0.5) is 5.69 Å². The van der Waals surface area contributed by atoms with Crippen molar-refractivity contribution < 1.29 is 24.4 Å². The number of hydrogen-bond donors (Lipinski definition) is 2. The molecule has 0 aliphatic carbocycles. The van der Waals surface area contributed by atoms with Crippen LogP contribution in [0.3, 0.4) is 0 Å². The van der Waals surface area contributed by atoms with Gasteiger partial charge in [-0.25, -0.2) is 4.79 Å². The largest absolute Gasteiger partial charge is 0.478 e. The second-order valence-electron chi connectivity index (χ2n) is 6.13. The monoisotopic (exact) mass is 363 g/mol. The molecule has 2 N–H and O–H groups in total. The molecule has 0 saturated carbocycles. The molecule has 0 bridgehead atoms. The molecule has 1 saturated heterocycles. The minimum Gasteiger partial charge on any atom is -0.478 e. The number of carbonyl (C=O) groups excluding carboxylic acids is 2. The van der Waals surface area contributed by atoms with Crippen LogP contribution in [0.2, 0.25) is 0 Å². The summed E-state index contributed by atoms with van der Waals surface area (Å²) in [6.45, 7) is 1.54. The lowest BCUT2D eigenvalue weighted by Crippen LogP contribution is -2.34. The molecule has 26 heavy (non-hydrogen) atoms. The molecule has 1 aliphatic heterocycles. The van der Waals surface area contributed by atoms with E-state index in [1.165, 1.54) is 0 Å². The Bertz CT molecular complexity index is 686. The van der Waals surface area contributed by atoms with Gasteiger partial charge in [0.25, 0.3) is 11.6 Å². The third kappa shape index (κ3) is 5.27. The highest BCUT2D eigenvalue weighted by atomic mass is 16.6. The molecule has 9 heteroatoms. The number of hydrogen-bond acceptors (Lipinski definition) is 5. The van der Waals surface area contributed by atoms with Crippen LogP contribution in [0.5, 0.6) is 0 Å². The van der Waals surface area contributed by atoms with E-state index in [1.807, 2.05) is 0 Å². The molecule has 1 aromatic rings. The quantitative estimate of drug-likeness (QED) is 0.432. The maximum Gasteiger partial charge on any atom is 0.335 e. The standard InChI is InChI=1S/C17H21N3O6/c21-15-5-2-1-3-7-19(15)8-4-6-18-16(22)12-9-13(17(23)24)11-14(10-12)20(25)26/h9-11H,1-8H2,(H,18,22)(H,23,24). The molecule has 0 unspecified atom stereocenters. The average molecular weight is 363 g/mol. The van der Waals surface area contributed by atoms with Gasteiger partial charge in [-0.3, -0.25) is 19.7 Å². The number of nitro groups is 1. The van der Waals surface area contributed by atoms with Crippen molar-refractivity contribution >= 4 is 23.5 Å². The highest BCUT2D eigenvalue weighted by Gasteiger charge is 2.18. The Morgan fingerprint density at radius 1 is 1.19 bits per heavy atom. The number of likely N-dealkylation sites (tertiary alicyclic amines) is 1. The van der Waals surface area contributed by atoms with Gasteiger partial charge in [-0.2, -0.15) is 0 Å². The molecule has 1 heterocycles. The number of benzene rings is 1. The molecule has 1 fully saturated rings. The van der Waals surface area contributed by atoms with Crippen LogP contribution in [0, 0.1) is 10.1 Å². The number of rotatable bonds is 7. The molecule has 0 aromatic heterocycles. The Morgan fingerprint density at radius 2 is 1.92 bits per heavy atom. The fraction of sp³-hybridized carbons (Fsp3) is 0.471. The summed E-state index contributed by atoms with van der Waals surface area (Å²) in [6, 6.07) is 3.05. The van der Waals surface area contributed by atoms with Gasteiger partial charge in [-0.05, 0) is 25.3 Å². The van der Waals surface area contributed by atoms with Crippen molar-refractivity contribution in [1.82, 2.24) is 10.2 Å². The first-order valence-electron chi connectivity index (χ1n) is 8.47. The van der Waals surface area contributed by atoms with Gasteiger partial charge >= 0.3 is 5.97 Å². The normalized spacial score (nSPS) is 14.6. The lowest BCUT2D eigenvalue weighted by Gasteiger charge is -2.20. The molecule has 1 aliphatic rings. The average Bonchev–Trinajstić information content (AvgIpc) is 2.82. The van der Waals surface area contributed by atoms with Gasteiger partial charge in [0.05, 0.1) is 10.5 Å². The second-order valence-corrected chi connectivity index (χ2v) is 6.13. The number of nitrogens with one attached hydrogen (secondary N) is 1. The first kappa shape index (κ1) is 19.4. The van der Waals surface area contributed by atoms with E-state index in [9.17, 15) is 24.5 Å². The smallest absolute Gasteiger partial charge is 0.335 e. The zero-order chi connectivity index (χ0) is 19.1. The lowest BCUT2D eigenvalue weighted by molar-refractivity contribution is -0.384. The molecule has 2 amide bonds. The Balaban J connectivity index is 1.92. The van der Waals surface area contributed by atoms with Crippen LogP contribution >= 0.6 is 0 Å². The molecule has 9 nitrogen and oxygen atoms in total. The van der Waals surface area contributed by atoms with Crippen molar-refractivity contribution in [2.75, 3.05) is 19.6 Å². The summed E-state index contributed by atoms with van der Waals surface area (Å²) in [7, 11) is 0. The van der Waals surface area contributed by atoms with E-state index in [0.29, 0.717) is 19.4 Å². The molecular formula is C17H21N3O6. The number of nitro benzene ring substituents is 1. The van der Waals surface area contributed by atoms with E-state index in [-0.39, 0.29) is 23.6 Å². The van der Waals surface area contributed by atoms with Crippen molar-refractivity contribution in [3.05, 3.63) is 39.4 Å². The fourth-order valence-electron chi connectivity index (χ4n) is 2.82. The summed E-state index contributed by atoms with van der Waals surface area (Å²) < 4.78 is 0. The van der Waals surface area contributed by atoms with Gasteiger partial charge in [0, 0.05) is 43.8 Å². The third-order valence-electron chi connectivity index (χ3n) is 4.20. The third-order valence-corrected chi connectivity index (χ3v) is 4.20. The molecular weight excluding hydrogens is 342 g/mol. The Morgan fingerprint density at radius 3 is 2.62 bits per heavy atom. The molecule has 1 aromatic carbocycles. The highest BCUT2D eigenvalue weighted by molar-refractivity contribution is 5.98. The number of amides is 2. The number of aromatic carboxylic acids is 1. The first-order chi connectivity index (χ1) is 12.4. The van der Waals surface area contributed by atoms with Crippen LogP contribution in [-0.4, -0.2) is 52.3 Å². The van der Waals surface area contributed by atoms with Crippen molar-refractivity contribution in [1.29, 1.82) is 0 Å². The van der Waals surface area contributed by atoms with E-state index < -0.39 is 22.5 Å². The second kappa shape index (κ2) is 8.93. The zero-order valence-corrected chi connectivity index (χ0v) is 14.3. The number of non-ortho nitro benzene ring substituents is 1. The summed E-state index contributed by atoms with van der Waals surface area (Å²) in [6.07, 6.45) is 4.03. The summed E-state index contributed by atoms with van der Waals surface area (Å²) >= 11 is 0. The van der Waals surface area contributed by atoms with E-state index in [0.717, 1.165) is 44.0 Å². The summed E-state index contributed by atoms with van der Waals surface area (Å²) in [5, 5.41) is 22.5. The van der Waals surface area contributed by atoms with Gasteiger partial charge in [0.15, 0.2) is 0 Å². The minimum atomic E-state index is -1.34. The van der Waals surface area contributed by atoms with E-state index >= 15 is 0 Å². The number of carboxylic acids is 1. The van der Waals surface area contributed by atoms with Gasteiger partial charge < -0.3 is 15.3 Å². The minimum absolute atomic E-state index is 0.0811. The number of nitrogens with zero attached hydrogens (tertiary/aromatic N) is 2. The molecule has 2 rings (SSSR count). The van der Waals surface area contributed by atoms with Crippen LogP contribution in [0.15, 0.2) is 18.2 Å².